The van der Waals surface area contributed by atoms with Crippen molar-refractivity contribution in [2.75, 3.05) is 60.0 Å². The van der Waals surface area contributed by atoms with Gasteiger partial charge in [0, 0.05) is 45.1 Å². The molecule has 3 rings (SSSR count). The summed E-state index contributed by atoms with van der Waals surface area (Å²) in [4.78, 5) is 11.2. The van der Waals surface area contributed by atoms with Gasteiger partial charge in [0.2, 0.25) is 0 Å². The smallest absolute Gasteiger partial charge is 0.293 e. The topological polar surface area (TPSA) is 109 Å². The number of para-hydroxylation sites is 2. The first kappa shape index (κ1) is 60.4. The van der Waals surface area contributed by atoms with Crippen LogP contribution in [0.5, 0.6) is 23.0 Å². The Morgan fingerprint density at radius 2 is 1.07 bits per heavy atom. The van der Waals surface area contributed by atoms with Crippen molar-refractivity contribution in [3.8, 4) is 23.0 Å². The Bertz CT molecular complexity index is 1830. The Balaban J connectivity index is 1.27. The second-order valence-corrected chi connectivity index (χ2v) is 21.9. The van der Waals surface area contributed by atoms with Crippen molar-refractivity contribution >= 4 is 6.47 Å². The Kier molecular flexibility index (Phi) is 26.1. The van der Waals surface area contributed by atoms with Crippen LogP contribution in [-0.4, -0.2) is 101 Å². The van der Waals surface area contributed by atoms with Crippen molar-refractivity contribution < 1.29 is 52.2 Å². The van der Waals surface area contributed by atoms with Gasteiger partial charge >= 0.3 is 0 Å². The number of carbonyl (C=O) groups is 1. The standard InChI is InChI=1S/C59H94O11/c1-46(48(3)65-41-49(58(10,11)70-45-60)42-66-51-27-17-15-18-28-51)26-21-23-36-62-47(2)33-38-63-53-31-25-32-54(40-53)64-39-35-56(6,7)68-37-24-22-34-55(4,5)59(12,13)69-44-50(57(8,9)61-14)43-67-52-29-19-16-20-30-52/h15-20,25,27-32,40,45-50H,21-24,26,33-39,41-44H2,1-14H3. The number of methoxy groups -OCH3 is 1. The van der Waals surface area contributed by atoms with E-state index in [1.54, 1.807) is 7.11 Å². The lowest BCUT2D eigenvalue weighted by Gasteiger charge is -2.44. The molecule has 0 bridgehead atoms. The number of hydrogen-bond acceptors (Lipinski definition) is 11. The summed E-state index contributed by atoms with van der Waals surface area (Å²) >= 11 is 0. The molecule has 0 spiro atoms. The molecule has 0 fully saturated rings. The molecular formula is C59H94O11. The second kappa shape index (κ2) is 30.2. The fourth-order valence-corrected chi connectivity index (χ4v) is 7.62. The second-order valence-electron chi connectivity index (χ2n) is 21.9. The molecule has 396 valence electrons. The summed E-state index contributed by atoms with van der Waals surface area (Å²) < 4.78 is 61.2. The zero-order valence-electron chi connectivity index (χ0n) is 45.9. The minimum Gasteiger partial charge on any atom is -0.493 e. The molecule has 11 heteroatoms. The number of benzene rings is 3. The van der Waals surface area contributed by atoms with Gasteiger partial charge in [0.05, 0.1) is 74.6 Å². The van der Waals surface area contributed by atoms with Crippen LogP contribution in [-0.2, 0) is 33.2 Å². The van der Waals surface area contributed by atoms with Crippen LogP contribution in [0.25, 0.3) is 0 Å². The van der Waals surface area contributed by atoms with E-state index in [1.807, 2.05) is 98.8 Å². The number of ether oxygens (including phenoxy) is 10. The normalized spacial score (nSPS) is 14.8. The molecule has 0 amide bonds. The van der Waals surface area contributed by atoms with Gasteiger partial charge in [0.1, 0.15) is 28.6 Å². The van der Waals surface area contributed by atoms with E-state index in [0.717, 1.165) is 74.4 Å². The fourth-order valence-electron chi connectivity index (χ4n) is 7.62. The third kappa shape index (κ3) is 22.7. The Labute approximate surface area is 424 Å². The molecule has 11 nitrogen and oxygen atoms in total. The van der Waals surface area contributed by atoms with E-state index >= 15 is 0 Å². The highest BCUT2D eigenvalue weighted by atomic mass is 16.6. The minimum absolute atomic E-state index is 0.0466. The molecule has 0 aliphatic heterocycles. The first-order chi connectivity index (χ1) is 33.1. The molecule has 0 radical (unpaired) electrons. The van der Waals surface area contributed by atoms with Crippen LogP contribution in [0, 0.1) is 23.2 Å². The fraction of sp³-hybridized carbons (Fsp3) is 0.678. The van der Waals surface area contributed by atoms with E-state index in [0.29, 0.717) is 65.2 Å². The van der Waals surface area contributed by atoms with E-state index in [4.69, 9.17) is 47.4 Å². The average molecular weight is 979 g/mol. The summed E-state index contributed by atoms with van der Waals surface area (Å²) in [7, 11) is 1.75. The molecule has 0 aliphatic rings. The summed E-state index contributed by atoms with van der Waals surface area (Å²) in [6, 6.07) is 27.4. The predicted octanol–water partition coefficient (Wildman–Crippen LogP) is 13.4. The lowest BCUT2D eigenvalue weighted by atomic mass is 9.73. The van der Waals surface area contributed by atoms with Crippen molar-refractivity contribution in [3.63, 3.8) is 0 Å². The third-order valence-electron chi connectivity index (χ3n) is 14.6. The number of carbonyl (C=O) groups excluding carboxylic acids is 1. The van der Waals surface area contributed by atoms with Crippen LogP contribution in [0.15, 0.2) is 84.9 Å². The lowest BCUT2D eigenvalue weighted by Crippen LogP contribution is -2.46. The summed E-state index contributed by atoms with van der Waals surface area (Å²) in [5, 5.41) is 0. The quantitative estimate of drug-likeness (QED) is 0.0403. The number of unbranched alkanes of at least 4 members (excludes halogenated alkanes) is 2. The molecule has 0 heterocycles. The highest BCUT2D eigenvalue weighted by Gasteiger charge is 2.40. The monoisotopic (exact) mass is 979 g/mol. The molecule has 5 atom stereocenters. The van der Waals surface area contributed by atoms with Gasteiger partial charge in [-0.25, -0.2) is 0 Å². The summed E-state index contributed by atoms with van der Waals surface area (Å²) in [6.07, 6.45) is 7.78. The maximum atomic E-state index is 11.2. The van der Waals surface area contributed by atoms with Gasteiger partial charge < -0.3 is 47.4 Å². The molecule has 3 aromatic rings. The third-order valence-corrected chi connectivity index (χ3v) is 14.6. The molecule has 0 saturated carbocycles. The van der Waals surface area contributed by atoms with Crippen LogP contribution >= 0.6 is 0 Å². The first-order valence-electron chi connectivity index (χ1n) is 26.0. The Hall–Kier alpha value is -3.87. The van der Waals surface area contributed by atoms with Gasteiger partial charge in [-0.2, -0.15) is 0 Å². The van der Waals surface area contributed by atoms with Crippen molar-refractivity contribution in [2.45, 2.75) is 176 Å². The molecule has 0 aromatic heterocycles. The van der Waals surface area contributed by atoms with Gasteiger partial charge in [0.15, 0.2) is 0 Å². The van der Waals surface area contributed by atoms with Crippen LogP contribution < -0.4 is 18.9 Å². The van der Waals surface area contributed by atoms with Gasteiger partial charge in [-0.05, 0) is 143 Å². The summed E-state index contributed by atoms with van der Waals surface area (Å²) in [5.41, 5.74) is -1.85. The van der Waals surface area contributed by atoms with Crippen LogP contribution in [0.1, 0.15) is 141 Å². The van der Waals surface area contributed by atoms with Crippen molar-refractivity contribution in [3.05, 3.63) is 84.9 Å². The number of rotatable bonds is 39. The van der Waals surface area contributed by atoms with E-state index in [-0.39, 0.29) is 40.7 Å². The van der Waals surface area contributed by atoms with Gasteiger partial charge in [-0.15, -0.1) is 0 Å². The van der Waals surface area contributed by atoms with Crippen LogP contribution in [0.2, 0.25) is 0 Å². The number of hydrogen-bond donors (Lipinski definition) is 0. The van der Waals surface area contributed by atoms with Crippen molar-refractivity contribution in [1.82, 2.24) is 0 Å². The van der Waals surface area contributed by atoms with Crippen LogP contribution in [0.4, 0.5) is 0 Å². The van der Waals surface area contributed by atoms with Crippen LogP contribution in [0.3, 0.4) is 0 Å². The van der Waals surface area contributed by atoms with Crippen molar-refractivity contribution in [1.29, 1.82) is 0 Å². The average Bonchev–Trinajstić information content (AvgIpc) is 3.31. The highest BCUT2D eigenvalue weighted by Crippen LogP contribution is 2.40. The zero-order chi connectivity index (χ0) is 51.7. The zero-order valence-corrected chi connectivity index (χ0v) is 45.9. The largest absolute Gasteiger partial charge is 0.493 e. The Morgan fingerprint density at radius 1 is 0.514 bits per heavy atom. The lowest BCUT2D eigenvalue weighted by molar-refractivity contribution is -0.151. The molecule has 0 aliphatic carbocycles. The SMILES string of the molecule is COC(C)(C)C(COc1ccccc1)COC(C)(C)C(C)(C)CCCCOC(C)(C)CCOc1cccc(OCCC(C)OCCCCC(C)C(C)OCC(COc2ccccc2)C(C)(C)OC=O)c1. The van der Waals surface area contributed by atoms with Gasteiger partial charge in [-0.3, -0.25) is 4.79 Å². The molecule has 5 unspecified atom stereocenters. The maximum Gasteiger partial charge on any atom is 0.293 e. The van der Waals surface area contributed by atoms with E-state index in [9.17, 15) is 4.79 Å². The summed E-state index contributed by atoms with van der Waals surface area (Å²) in [5.74, 6) is 3.48. The molecule has 0 N–H and O–H groups in total. The van der Waals surface area contributed by atoms with Gasteiger partial charge in [0.25, 0.3) is 6.47 Å². The highest BCUT2D eigenvalue weighted by molar-refractivity contribution is 5.38. The van der Waals surface area contributed by atoms with E-state index in [1.165, 1.54) is 0 Å². The maximum absolute atomic E-state index is 11.2. The van der Waals surface area contributed by atoms with Crippen molar-refractivity contribution in [2.24, 2.45) is 23.2 Å². The van der Waals surface area contributed by atoms with E-state index < -0.39 is 11.2 Å². The van der Waals surface area contributed by atoms with Gasteiger partial charge in [-0.1, -0.05) is 76.1 Å². The predicted molar refractivity (Wildman–Crippen MR) is 281 cm³/mol. The minimum atomic E-state index is -0.725. The first-order valence-corrected chi connectivity index (χ1v) is 26.0. The molecule has 70 heavy (non-hydrogen) atoms. The molecular weight excluding hydrogens is 885 g/mol. The molecule has 3 aromatic carbocycles. The summed E-state index contributed by atoms with van der Waals surface area (Å²) in [6.45, 7) is 32.5. The van der Waals surface area contributed by atoms with E-state index in [2.05, 4.69) is 76.2 Å². The molecule has 0 saturated heterocycles. The Morgan fingerprint density at radius 3 is 1.66 bits per heavy atom.